The van der Waals surface area contributed by atoms with Crippen molar-refractivity contribution in [2.45, 2.75) is 32.9 Å². The van der Waals surface area contributed by atoms with Crippen LogP contribution in [0.25, 0.3) is 33.5 Å². The Morgan fingerprint density at radius 1 is 1.11 bits per heavy atom. The van der Waals surface area contributed by atoms with Gasteiger partial charge in [-0.25, -0.2) is 14.6 Å². The molecule has 11 heteroatoms. The van der Waals surface area contributed by atoms with Crippen molar-refractivity contribution >= 4 is 33.8 Å². The fourth-order valence-corrected chi connectivity index (χ4v) is 4.45. The van der Waals surface area contributed by atoms with Gasteiger partial charge in [0.25, 0.3) is 5.56 Å². The number of rotatable bonds is 6. The first-order valence-corrected chi connectivity index (χ1v) is 11.6. The number of hydrogen-bond donors (Lipinski definition) is 3. The highest BCUT2D eigenvalue weighted by atomic mass is 16.5. The maximum atomic E-state index is 13.3. The molecule has 0 saturated heterocycles. The van der Waals surface area contributed by atoms with Gasteiger partial charge in [0.15, 0.2) is 11.5 Å². The maximum absolute atomic E-state index is 13.3. The average molecular weight is 501 g/mol. The second-order valence-electron chi connectivity index (χ2n) is 8.87. The molecule has 37 heavy (non-hydrogen) atoms. The topological polar surface area (TPSA) is 152 Å². The summed E-state index contributed by atoms with van der Waals surface area (Å²) >= 11 is 0. The summed E-state index contributed by atoms with van der Waals surface area (Å²) in [6, 6.07) is 10.3. The first-order chi connectivity index (χ1) is 17.7. The zero-order chi connectivity index (χ0) is 26.3. The molecular weight excluding hydrogens is 476 g/mol. The van der Waals surface area contributed by atoms with Crippen molar-refractivity contribution in [3.63, 3.8) is 0 Å². The summed E-state index contributed by atoms with van der Waals surface area (Å²) in [5.41, 5.74) is 3.02. The molecule has 1 atom stereocenters. The van der Waals surface area contributed by atoms with E-state index in [-0.39, 0.29) is 24.5 Å². The number of hydrogen-bond acceptors (Lipinski definition) is 7. The van der Waals surface area contributed by atoms with Crippen LogP contribution in [0.2, 0.25) is 0 Å². The monoisotopic (exact) mass is 500 g/mol. The van der Waals surface area contributed by atoms with Gasteiger partial charge in [0.05, 0.1) is 18.1 Å². The van der Waals surface area contributed by atoms with E-state index in [1.54, 1.807) is 12.3 Å². The Bertz CT molecular complexity index is 1770. The molecule has 0 saturated carbocycles. The second-order valence-corrected chi connectivity index (χ2v) is 8.87. The second kappa shape index (κ2) is 9.34. The Morgan fingerprint density at radius 3 is 2.65 bits per heavy atom. The molecule has 0 spiro atoms. The van der Waals surface area contributed by atoms with Gasteiger partial charge in [-0.2, -0.15) is 4.98 Å². The van der Waals surface area contributed by atoms with Gasteiger partial charge in [-0.15, -0.1) is 0 Å². The van der Waals surface area contributed by atoms with Crippen molar-refractivity contribution in [1.29, 1.82) is 0 Å². The fraction of sp³-hybridized carbons (Fsp3) is 0.231. The van der Waals surface area contributed by atoms with E-state index in [2.05, 4.69) is 25.3 Å². The van der Waals surface area contributed by atoms with Gasteiger partial charge in [0.2, 0.25) is 5.91 Å². The van der Waals surface area contributed by atoms with E-state index in [1.807, 2.05) is 44.2 Å². The summed E-state index contributed by atoms with van der Waals surface area (Å²) in [6.07, 6.45) is 1.99. The van der Waals surface area contributed by atoms with Crippen LogP contribution in [0.4, 0.5) is 0 Å². The predicted molar refractivity (Wildman–Crippen MR) is 136 cm³/mol. The van der Waals surface area contributed by atoms with Crippen LogP contribution < -0.4 is 16.6 Å². The number of carbonyl (C=O) groups is 2. The molecule has 0 radical (unpaired) electrons. The van der Waals surface area contributed by atoms with E-state index in [9.17, 15) is 19.2 Å². The number of para-hydroxylation sites is 1. The predicted octanol–water partition coefficient (Wildman–Crippen LogP) is 1.58. The van der Waals surface area contributed by atoms with Gasteiger partial charge in [0, 0.05) is 23.5 Å². The number of aromatic nitrogens is 5. The van der Waals surface area contributed by atoms with Crippen LogP contribution in [-0.4, -0.2) is 49.5 Å². The van der Waals surface area contributed by atoms with Gasteiger partial charge in [0.1, 0.15) is 12.6 Å². The molecule has 1 aromatic heterocycles. The minimum atomic E-state index is -0.966. The molecule has 1 amide bonds. The standard InChI is InChI=1S/C26H24N6O5/c1-13-8-18-20(9-14(13)2)32(23-22(29-18)24(34)31-26(36)30-23)12-21(33)28-19(25(35)37-3)10-15-11-27-17-7-5-4-6-16(15)17/h4-9,11,19,27H,10,12H2,1-3H3,(H,28,33)(H,31,34,36). The van der Waals surface area contributed by atoms with Crippen molar-refractivity contribution in [2.24, 2.45) is 0 Å². The summed E-state index contributed by atoms with van der Waals surface area (Å²) in [5.74, 6) is -1.15. The highest BCUT2D eigenvalue weighted by Gasteiger charge is 2.26. The normalized spacial score (nSPS) is 12.2. The summed E-state index contributed by atoms with van der Waals surface area (Å²) in [5, 5.41) is 3.68. The van der Waals surface area contributed by atoms with Gasteiger partial charge in [-0.1, -0.05) is 18.2 Å². The number of methoxy groups -OCH3 is 1. The number of nitrogens with zero attached hydrogens (tertiary/aromatic N) is 3. The Labute approximate surface area is 209 Å². The molecule has 0 bridgehead atoms. The molecule has 2 aromatic carbocycles. The molecule has 5 rings (SSSR count). The lowest BCUT2D eigenvalue weighted by Crippen LogP contribution is -2.44. The lowest BCUT2D eigenvalue weighted by molar-refractivity contribution is -0.145. The number of nitrogens with one attached hydrogen (secondary N) is 3. The number of fused-ring (bicyclic) bond motifs is 3. The van der Waals surface area contributed by atoms with Crippen LogP contribution in [-0.2, 0) is 27.3 Å². The molecule has 2 aliphatic rings. The smallest absolute Gasteiger partial charge is 0.349 e. The molecule has 0 aliphatic carbocycles. The molecular formula is C26H24N6O5. The first-order valence-electron chi connectivity index (χ1n) is 11.6. The SMILES string of the molecule is COC(=O)C(Cc1c[nH]c2ccccc12)NC(=O)Cn1c2nc(=O)[nH]c(=O)c-2nc2cc(C)c(C)cc21. The minimum absolute atomic E-state index is 0.0223. The van der Waals surface area contributed by atoms with Crippen LogP contribution in [0.3, 0.4) is 0 Å². The number of benzene rings is 2. The third kappa shape index (κ3) is 4.46. The van der Waals surface area contributed by atoms with E-state index in [0.717, 1.165) is 27.6 Å². The number of aryl methyl sites for hydroxylation is 2. The number of ether oxygens (including phenoxy) is 1. The van der Waals surface area contributed by atoms with Crippen LogP contribution in [0, 0.1) is 13.8 Å². The lowest BCUT2D eigenvalue weighted by Gasteiger charge is -2.20. The fourth-order valence-electron chi connectivity index (χ4n) is 4.45. The van der Waals surface area contributed by atoms with Crippen LogP contribution in [0.1, 0.15) is 16.7 Å². The van der Waals surface area contributed by atoms with Gasteiger partial charge in [-0.3, -0.25) is 14.6 Å². The third-order valence-electron chi connectivity index (χ3n) is 6.45. The lowest BCUT2D eigenvalue weighted by atomic mass is 10.0. The van der Waals surface area contributed by atoms with E-state index < -0.39 is 29.2 Å². The molecule has 3 aromatic rings. The highest BCUT2D eigenvalue weighted by Crippen LogP contribution is 2.24. The van der Waals surface area contributed by atoms with E-state index >= 15 is 0 Å². The Morgan fingerprint density at radius 2 is 1.86 bits per heavy atom. The van der Waals surface area contributed by atoms with Crippen molar-refractivity contribution in [2.75, 3.05) is 7.11 Å². The van der Waals surface area contributed by atoms with Gasteiger partial charge < -0.3 is 19.6 Å². The number of esters is 1. The third-order valence-corrected chi connectivity index (χ3v) is 6.45. The van der Waals surface area contributed by atoms with E-state index in [0.29, 0.717) is 11.0 Å². The molecule has 1 unspecified atom stereocenters. The summed E-state index contributed by atoms with van der Waals surface area (Å²) in [6.45, 7) is 3.50. The van der Waals surface area contributed by atoms with E-state index in [4.69, 9.17) is 4.74 Å². The Balaban J connectivity index is 1.53. The number of carbonyl (C=O) groups excluding carboxylic acids is 2. The summed E-state index contributed by atoms with van der Waals surface area (Å²) in [4.78, 5) is 64.0. The van der Waals surface area contributed by atoms with E-state index in [1.165, 1.54) is 11.7 Å². The molecule has 3 heterocycles. The summed E-state index contributed by atoms with van der Waals surface area (Å²) in [7, 11) is 1.26. The molecule has 0 fully saturated rings. The maximum Gasteiger partial charge on any atom is 0.349 e. The van der Waals surface area contributed by atoms with Crippen LogP contribution in [0.5, 0.6) is 0 Å². The van der Waals surface area contributed by atoms with Gasteiger partial charge in [-0.05, 0) is 48.7 Å². The van der Waals surface area contributed by atoms with Crippen LogP contribution in [0.15, 0.2) is 52.2 Å². The van der Waals surface area contributed by atoms with Crippen molar-refractivity contribution in [3.8, 4) is 11.5 Å². The first kappa shape index (κ1) is 23.9. The number of H-pyrrole nitrogens is 2. The molecule has 3 N–H and O–H groups in total. The Hall–Kier alpha value is -4.80. The van der Waals surface area contributed by atoms with Crippen molar-refractivity contribution < 1.29 is 14.3 Å². The van der Waals surface area contributed by atoms with Crippen molar-refractivity contribution in [3.05, 3.63) is 80.1 Å². The molecule has 188 valence electrons. The quantitative estimate of drug-likeness (QED) is 0.236. The average Bonchev–Trinajstić information content (AvgIpc) is 3.27. The zero-order valence-electron chi connectivity index (χ0n) is 20.4. The number of amides is 1. The molecule has 2 aliphatic heterocycles. The Kier molecular flexibility index (Phi) is 6.04. The summed E-state index contributed by atoms with van der Waals surface area (Å²) < 4.78 is 6.41. The van der Waals surface area contributed by atoms with Gasteiger partial charge >= 0.3 is 11.7 Å². The van der Waals surface area contributed by atoms with Crippen LogP contribution >= 0.6 is 0 Å². The molecule has 11 nitrogen and oxygen atoms in total. The number of aromatic amines is 2. The zero-order valence-corrected chi connectivity index (χ0v) is 20.4. The highest BCUT2D eigenvalue weighted by molar-refractivity contribution is 5.89. The largest absolute Gasteiger partial charge is 0.467 e. The van der Waals surface area contributed by atoms with Crippen molar-refractivity contribution in [1.82, 2.24) is 29.8 Å². The minimum Gasteiger partial charge on any atom is -0.467 e.